The molecule has 2 aromatic rings. The number of hydrogen-bond donors (Lipinski definition) is 1. The van der Waals surface area contributed by atoms with Gasteiger partial charge in [0.25, 0.3) is 0 Å². The van der Waals surface area contributed by atoms with E-state index in [0.717, 1.165) is 15.1 Å². The van der Waals surface area contributed by atoms with Crippen LogP contribution in [0.2, 0.25) is 5.02 Å². The molecule has 0 spiro atoms. The second-order valence-electron chi connectivity index (χ2n) is 4.30. The van der Waals surface area contributed by atoms with Crippen molar-refractivity contribution >= 4 is 27.5 Å². The summed E-state index contributed by atoms with van der Waals surface area (Å²) < 4.78 is 1.11. The van der Waals surface area contributed by atoms with Gasteiger partial charge in [0.2, 0.25) is 0 Å². The van der Waals surface area contributed by atoms with Gasteiger partial charge in [0.15, 0.2) is 0 Å². The summed E-state index contributed by atoms with van der Waals surface area (Å²) in [7, 11) is 1.96. The topological polar surface area (TPSA) is 12.0 Å². The zero-order chi connectivity index (χ0) is 13.1. The quantitative estimate of drug-likeness (QED) is 0.861. The first kappa shape index (κ1) is 13.6. The molecular formula is C15H15BrClN. The van der Waals surface area contributed by atoms with Gasteiger partial charge in [-0.25, -0.2) is 0 Å². The maximum Gasteiger partial charge on any atom is 0.0585 e. The van der Waals surface area contributed by atoms with Crippen molar-refractivity contribution in [1.82, 2.24) is 5.32 Å². The van der Waals surface area contributed by atoms with Crippen molar-refractivity contribution in [2.45, 2.75) is 13.0 Å². The van der Waals surface area contributed by atoms with Crippen LogP contribution in [-0.4, -0.2) is 7.05 Å². The lowest BCUT2D eigenvalue weighted by Crippen LogP contribution is -2.18. The molecule has 0 radical (unpaired) electrons. The van der Waals surface area contributed by atoms with Gasteiger partial charge in [0.1, 0.15) is 0 Å². The molecule has 3 heteroatoms. The molecule has 2 rings (SSSR count). The first-order chi connectivity index (χ1) is 8.61. The Bertz CT molecular complexity index is 554. The Morgan fingerprint density at radius 1 is 1.17 bits per heavy atom. The van der Waals surface area contributed by atoms with E-state index >= 15 is 0 Å². The lowest BCUT2D eigenvalue weighted by molar-refractivity contribution is 0.689. The lowest BCUT2D eigenvalue weighted by atomic mass is 9.98. The highest BCUT2D eigenvalue weighted by Crippen LogP contribution is 2.30. The molecule has 0 aliphatic carbocycles. The average Bonchev–Trinajstić information content (AvgIpc) is 2.33. The smallest absolute Gasteiger partial charge is 0.0585 e. The van der Waals surface area contributed by atoms with Gasteiger partial charge in [0.05, 0.1) is 6.04 Å². The van der Waals surface area contributed by atoms with E-state index in [9.17, 15) is 0 Å². The number of rotatable bonds is 3. The standard InChI is InChI=1S/C15H15BrClN/c1-10-6-7-13(14(16)8-10)15(18-2)11-4-3-5-12(17)9-11/h3-9,15,18H,1-2H3. The molecule has 1 nitrogen and oxygen atoms in total. The number of halogens is 2. The number of benzene rings is 2. The lowest BCUT2D eigenvalue weighted by Gasteiger charge is -2.19. The van der Waals surface area contributed by atoms with Crippen LogP contribution in [0.3, 0.4) is 0 Å². The van der Waals surface area contributed by atoms with Gasteiger partial charge in [-0.15, -0.1) is 0 Å². The third-order valence-corrected chi connectivity index (χ3v) is 3.86. The van der Waals surface area contributed by atoms with Crippen LogP contribution < -0.4 is 5.32 Å². The molecule has 0 aromatic heterocycles. The minimum absolute atomic E-state index is 0.138. The van der Waals surface area contributed by atoms with Crippen LogP contribution in [0.5, 0.6) is 0 Å². The molecule has 0 bridgehead atoms. The van der Waals surface area contributed by atoms with Crippen LogP contribution in [0.4, 0.5) is 0 Å². The van der Waals surface area contributed by atoms with Crippen molar-refractivity contribution in [3.8, 4) is 0 Å². The van der Waals surface area contributed by atoms with Gasteiger partial charge in [-0.2, -0.15) is 0 Å². The summed E-state index contributed by atoms with van der Waals surface area (Å²) in [6.45, 7) is 2.09. The summed E-state index contributed by atoms with van der Waals surface area (Å²) in [5, 5.41) is 4.09. The van der Waals surface area contributed by atoms with Crippen LogP contribution >= 0.6 is 27.5 Å². The highest BCUT2D eigenvalue weighted by atomic mass is 79.9. The van der Waals surface area contributed by atoms with E-state index < -0.39 is 0 Å². The third-order valence-electron chi connectivity index (χ3n) is 2.94. The van der Waals surface area contributed by atoms with Crippen molar-refractivity contribution in [1.29, 1.82) is 0 Å². The second kappa shape index (κ2) is 5.87. The normalized spacial score (nSPS) is 12.4. The van der Waals surface area contributed by atoms with E-state index in [0.29, 0.717) is 0 Å². The van der Waals surface area contributed by atoms with Crippen LogP contribution in [0.15, 0.2) is 46.9 Å². The van der Waals surface area contributed by atoms with Crippen molar-refractivity contribution < 1.29 is 0 Å². The van der Waals surface area contributed by atoms with Crippen molar-refractivity contribution in [2.24, 2.45) is 0 Å². The Kier molecular flexibility index (Phi) is 4.44. The molecule has 0 aliphatic rings. The Morgan fingerprint density at radius 2 is 1.94 bits per heavy atom. The molecule has 0 fully saturated rings. The Balaban J connectivity index is 2.45. The SMILES string of the molecule is CNC(c1cccc(Cl)c1)c1ccc(C)cc1Br. The first-order valence-electron chi connectivity index (χ1n) is 5.80. The maximum absolute atomic E-state index is 6.06. The summed E-state index contributed by atoms with van der Waals surface area (Å²) in [4.78, 5) is 0. The molecule has 18 heavy (non-hydrogen) atoms. The van der Waals surface area contributed by atoms with Crippen LogP contribution in [-0.2, 0) is 0 Å². The fourth-order valence-corrected chi connectivity index (χ4v) is 2.98. The molecule has 0 saturated carbocycles. The molecule has 94 valence electrons. The van der Waals surface area contributed by atoms with Crippen molar-refractivity contribution in [3.63, 3.8) is 0 Å². The van der Waals surface area contributed by atoms with Gasteiger partial charge in [-0.1, -0.05) is 51.8 Å². The highest BCUT2D eigenvalue weighted by molar-refractivity contribution is 9.10. The number of nitrogens with one attached hydrogen (secondary N) is 1. The molecule has 0 aliphatic heterocycles. The van der Waals surface area contributed by atoms with Crippen LogP contribution in [0.1, 0.15) is 22.7 Å². The van der Waals surface area contributed by atoms with E-state index in [2.05, 4.69) is 52.4 Å². The minimum Gasteiger partial charge on any atom is -0.309 e. The van der Waals surface area contributed by atoms with E-state index in [1.807, 2.05) is 25.2 Å². The van der Waals surface area contributed by atoms with Gasteiger partial charge in [-0.3, -0.25) is 0 Å². The van der Waals surface area contributed by atoms with Gasteiger partial charge in [0, 0.05) is 9.50 Å². The van der Waals surface area contributed by atoms with Crippen molar-refractivity contribution in [3.05, 3.63) is 68.7 Å². The average molecular weight is 325 g/mol. The zero-order valence-electron chi connectivity index (χ0n) is 10.4. The molecule has 0 saturated heterocycles. The fraction of sp³-hybridized carbons (Fsp3) is 0.200. The minimum atomic E-state index is 0.138. The summed E-state index contributed by atoms with van der Waals surface area (Å²) >= 11 is 9.69. The molecule has 0 heterocycles. The molecule has 1 unspecified atom stereocenters. The third kappa shape index (κ3) is 2.94. The van der Waals surface area contributed by atoms with Gasteiger partial charge in [-0.05, 0) is 48.9 Å². The predicted octanol–water partition coefficient (Wildman–Crippen LogP) is 4.72. The van der Waals surface area contributed by atoms with Gasteiger partial charge >= 0.3 is 0 Å². The highest BCUT2D eigenvalue weighted by Gasteiger charge is 2.15. The summed E-state index contributed by atoms with van der Waals surface area (Å²) in [6, 6.07) is 14.5. The van der Waals surface area contributed by atoms with Crippen molar-refractivity contribution in [2.75, 3.05) is 7.05 Å². The number of hydrogen-bond acceptors (Lipinski definition) is 1. The number of aryl methyl sites for hydroxylation is 1. The molecule has 1 N–H and O–H groups in total. The van der Waals surface area contributed by atoms with Crippen LogP contribution in [0, 0.1) is 6.92 Å². The summed E-state index contributed by atoms with van der Waals surface area (Å²) in [5.41, 5.74) is 3.62. The molecular weight excluding hydrogens is 310 g/mol. The second-order valence-corrected chi connectivity index (χ2v) is 5.59. The maximum atomic E-state index is 6.06. The van der Waals surface area contributed by atoms with Gasteiger partial charge < -0.3 is 5.32 Å². The van der Waals surface area contributed by atoms with E-state index in [1.165, 1.54) is 11.1 Å². The van der Waals surface area contributed by atoms with E-state index in [4.69, 9.17) is 11.6 Å². The first-order valence-corrected chi connectivity index (χ1v) is 6.97. The molecule has 2 aromatic carbocycles. The Morgan fingerprint density at radius 3 is 2.56 bits per heavy atom. The Labute approximate surface area is 121 Å². The summed E-state index contributed by atoms with van der Waals surface area (Å²) in [5.74, 6) is 0. The monoisotopic (exact) mass is 323 g/mol. The van der Waals surface area contributed by atoms with E-state index in [1.54, 1.807) is 0 Å². The van der Waals surface area contributed by atoms with Crippen LogP contribution in [0.25, 0.3) is 0 Å². The molecule has 0 amide bonds. The zero-order valence-corrected chi connectivity index (χ0v) is 12.7. The fourth-order valence-electron chi connectivity index (χ4n) is 2.05. The Hall–Kier alpha value is -0.830. The predicted molar refractivity (Wildman–Crippen MR) is 81.2 cm³/mol. The summed E-state index contributed by atoms with van der Waals surface area (Å²) in [6.07, 6.45) is 0. The molecule has 1 atom stereocenters. The largest absolute Gasteiger partial charge is 0.309 e. The van der Waals surface area contributed by atoms with E-state index in [-0.39, 0.29) is 6.04 Å².